The smallest absolute Gasteiger partial charge is 0.407 e. The van der Waals surface area contributed by atoms with Crippen LogP contribution >= 0.6 is 0 Å². The average Bonchev–Trinajstić information content (AvgIpc) is 2.82. The van der Waals surface area contributed by atoms with Crippen LogP contribution in [0.5, 0.6) is 5.75 Å². The molecule has 1 amide bonds. The van der Waals surface area contributed by atoms with Crippen LogP contribution in [0.2, 0.25) is 0 Å². The fourth-order valence-electron chi connectivity index (χ4n) is 1.74. The summed E-state index contributed by atoms with van der Waals surface area (Å²) in [5, 5.41) is 12.2. The minimum absolute atomic E-state index is 0.238. The largest absolute Gasteiger partial charge is 0.490 e. The number of nitrogens with one attached hydrogen (secondary N) is 1. The lowest BCUT2D eigenvalue weighted by Gasteiger charge is -2.12. The number of hydrogen-bond donors (Lipinski definition) is 2. The highest BCUT2D eigenvalue weighted by molar-refractivity contribution is 5.69. The maximum atomic E-state index is 10.8. The molecule has 1 fully saturated rings. The van der Waals surface area contributed by atoms with E-state index in [1.165, 1.54) is 0 Å². The van der Waals surface area contributed by atoms with Gasteiger partial charge in [-0.25, -0.2) is 4.79 Å². The zero-order valence-corrected chi connectivity index (χ0v) is 10.3. The molecule has 0 aromatic heterocycles. The van der Waals surface area contributed by atoms with Gasteiger partial charge in [0.25, 0.3) is 0 Å². The first-order valence-electron chi connectivity index (χ1n) is 6.04. The van der Waals surface area contributed by atoms with E-state index in [1.54, 1.807) is 12.1 Å². The van der Waals surface area contributed by atoms with Gasteiger partial charge in [0, 0.05) is 0 Å². The maximum absolute atomic E-state index is 10.8. The Morgan fingerprint density at radius 1 is 1.50 bits per heavy atom. The highest BCUT2D eigenvalue weighted by atomic mass is 16.6. The summed E-state index contributed by atoms with van der Waals surface area (Å²) in [5.41, 5.74) is 0.874. The van der Waals surface area contributed by atoms with Crippen molar-refractivity contribution in [2.75, 3.05) is 13.2 Å². The summed E-state index contributed by atoms with van der Waals surface area (Å²) in [6, 6.07) is 7.28. The maximum Gasteiger partial charge on any atom is 0.407 e. The van der Waals surface area contributed by atoms with Crippen LogP contribution in [0.15, 0.2) is 24.3 Å². The highest BCUT2D eigenvalue weighted by Crippen LogP contribution is 2.20. The fraction of sp³-hybridized carbons (Fsp3) is 0.462. The van der Waals surface area contributed by atoms with Crippen molar-refractivity contribution in [1.29, 1.82) is 0 Å². The van der Waals surface area contributed by atoms with Crippen LogP contribution in [0.1, 0.15) is 25.0 Å². The SMILES string of the molecule is CCC(O)c1ccc(OCC2CNC(=O)O2)cc1. The third kappa shape index (κ3) is 3.13. The molecule has 0 saturated carbocycles. The van der Waals surface area contributed by atoms with Crippen molar-refractivity contribution in [2.45, 2.75) is 25.6 Å². The number of alkyl carbamates (subject to hydrolysis) is 1. The zero-order chi connectivity index (χ0) is 13.0. The predicted molar refractivity (Wildman–Crippen MR) is 65.5 cm³/mol. The quantitative estimate of drug-likeness (QED) is 0.834. The standard InChI is InChI=1S/C13H17NO4/c1-2-12(15)9-3-5-10(6-4-9)17-8-11-7-14-13(16)18-11/h3-6,11-12,15H,2,7-8H2,1H3,(H,14,16). The molecule has 2 atom stereocenters. The van der Waals surface area contributed by atoms with E-state index >= 15 is 0 Å². The summed E-state index contributed by atoms with van der Waals surface area (Å²) in [6.45, 7) is 2.73. The molecule has 5 nitrogen and oxygen atoms in total. The zero-order valence-electron chi connectivity index (χ0n) is 10.3. The molecular formula is C13H17NO4. The topological polar surface area (TPSA) is 67.8 Å². The van der Waals surface area contributed by atoms with Crippen LogP contribution in [0, 0.1) is 0 Å². The lowest BCUT2D eigenvalue weighted by atomic mass is 10.1. The first kappa shape index (κ1) is 12.7. The van der Waals surface area contributed by atoms with E-state index < -0.39 is 12.2 Å². The molecule has 0 spiro atoms. The van der Waals surface area contributed by atoms with Crippen molar-refractivity contribution in [3.8, 4) is 5.75 Å². The number of carbonyl (C=O) groups is 1. The van der Waals surface area contributed by atoms with Gasteiger partial charge >= 0.3 is 6.09 Å². The van der Waals surface area contributed by atoms with Crippen molar-refractivity contribution in [3.05, 3.63) is 29.8 Å². The van der Waals surface area contributed by atoms with Crippen molar-refractivity contribution in [2.24, 2.45) is 0 Å². The summed E-state index contributed by atoms with van der Waals surface area (Å²) >= 11 is 0. The Bertz CT molecular complexity index is 404. The van der Waals surface area contributed by atoms with E-state index in [1.807, 2.05) is 19.1 Å². The number of aliphatic hydroxyl groups is 1. The first-order chi connectivity index (χ1) is 8.69. The van der Waals surface area contributed by atoms with Crippen LogP contribution < -0.4 is 10.1 Å². The Morgan fingerprint density at radius 2 is 2.22 bits per heavy atom. The molecule has 98 valence electrons. The van der Waals surface area contributed by atoms with E-state index in [4.69, 9.17) is 9.47 Å². The van der Waals surface area contributed by atoms with Crippen LogP contribution in [-0.2, 0) is 4.74 Å². The Balaban J connectivity index is 1.84. The molecule has 1 aliphatic rings. The van der Waals surface area contributed by atoms with Gasteiger partial charge in [-0.05, 0) is 24.1 Å². The molecule has 2 unspecified atom stereocenters. The number of cyclic esters (lactones) is 1. The van der Waals surface area contributed by atoms with Gasteiger partial charge in [-0.3, -0.25) is 0 Å². The number of aliphatic hydroxyl groups excluding tert-OH is 1. The second kappa shape index (κ2) is 5.73. The molecule has 2 rings (SSSR count). The van der Waals surface area contributed by atoms with Gasteiger partial charge in [0.05, 0.1) is 12.6 Å². The van der Waals surface area contributed by atoms with Crippen molar-refractivity contribution < 1.29 is 19.4 Å². The summed E-state index contributed by atoms with van der Waals surface area (Å²) in [7, 11) is 0. The van der Waals surface area contributed by atoms with Crippen LogP contribution in [0.3, 0.4) is 0 Å². The molecular weight excluding hydrogens is 234 g/mol. The van der Waals surface area contributed by atoms with Gasteiger partial charge in [-0.1, -0.05) is 19.1 Å². The summed E-state index contributed by atoms with van der Waals surface area (Å²) in [4.78, 5) is 10.8. The van der Waals surface area contributed by atoms with Gasteiger partial charge in [-0.2, -0.15) is 0 Å². The highest BCUT2D eigenvalue weighted by Gasteiger charge is 2.22. The minimum Gasteiger partial charge on any atom is -0.490 e. The third-order valence-electron chi connectivity index (χ3n) is 2.84. The molecule has 1 saturated heterocycles. The van der Waals surface area contributed by atoms with Gasteiger partial charge in [0.15, 0.2) is 6.10 Å². The number of amides is 1. The minimum atomic E-state index is -0.431. The van der Waals surface area contributed by atoms with E-state index in [0.717, 1.165) is 5.56 Å². The lowest BCUT2D eigenvalue weighted by molar-refractivity contribution is 0.105. The first-order valence-corrected chi connectivity index (χ1v) is 6.04. The monoisotopic (exact) mass is 251 g/mol. The second-order valence-electron chi connectivity index (χ2n) is 4.21. The van der Waals surface area contributed by atoms with E-state index in [2.05, 4.69) is 5.32 Å². The molecule has 1 heterocycles. The molecule has 0 radical (unpaired) electrons. The number of hydrogen-bond acceptors (Lipinski definition) is 4. The van der Waals surface area contributed by atoms with Gasteiger partial charge in [-0.15, -0.1) is 0 Å². The van der Waals surface area contributed by atoms with Crippen molar-refractivity contribution in [3.63, 3.8) is 0 Å². The van der Waals surface area contributed by atoms with Gasteiger partial charge in [0.2, 0.25) is 0 Å². The Hall–Kier alpha value is -1.75. The number of benzene rings is 1. The Kier molecular flexibility index (Phi) is 4.04. The Morgan fingerprint density at radius 3 is 2.78 bits per heavy atom. The molecule has 18 heavy (non-hydrogen) atoms. The second-order valence-corrected chi connectivity index (χ2v) is 4.21. The molecule has 1 aromatic carbocycles. The predicted octanol–water partition coefficient (Wildman–Crippen LogP) is 1.62. The van der Waals surface area contributed by atoms with Gasteiger partial charge < -0.3 is 19.9 Å². The molecule has 5 heteroatoms. The molecule has 0 aliphatic carbocycles. The van der Waals surface area contributed by atoms with Crippen LogP contribution in [0.25, 0.3) is 0 Å². The number of rotatable bonds is 5. The lowest BCUT2D eigenvalue weighted by Crippen LogP contribution is -2.21. The third-order valence-corrected chi connectivity index (χ3v) is 2.84. The van der Waals surface area contributed by atoms with Crippen molar-refractivity contribution in [1.82, 2.24) is 5.32 Å². The molecule has 1 aromatic rings. The normalized spacial score (nSPS) is 20.1. The number of ether oxygens (including phenoxy) is 2. The Labute approximate surface area is 106 Å². The molecule has 1 aliphatic heterocycles. The van der Waals surface area contributed by atoms with E-state index in [9.17, 15) is 9.90 Å². The van der Waals surface area contributed by atoms with Crippen molar-refractivity contribution >= 4 is 6.09 Å². The van der Waals surface area contributed by atoms with Gasteiger partial charge in [0.1, 0.15) is 12.4 Å². The molecule has 0 bridgehead atoms. The summed E-state index contributed by atoms with van der Waals surface area (Å²) in [6.07, 6.45) is -0.383. The number of carbonyl (C=O) groups excluding carboxylic acids is 1. The van der Waals surface area contributed by atoms with E-state index in [0.29, 0.717) is 25.3 Å². The fourth-order valence-corrected chi connectivity index (χ4v) is 1.74. The molecule has 2 N–H and O–H groups in total. The summed E-state index contributed by atoms with van der Waals surface area (Å²) in [5.74, 6) is 0.699. The average molecular weight is 251 g/mol. The summed E-state index contributed by atoms with van der Waals surface area (Å²) < 4.78 is 10.5. The van der Waals surface area contributed by atoms with Crippen LogP contribution in [0.4, 0.5) is 4.79 Å². The van der Waals surface area contributed by atoms with Crippen LogP contribution in [-0.4, -0.2) is 30.5 Å². The van der Waals surface area contributed by atoms with E-state index in [-0.39, 0.29) is 6.10 Å².